The van der Waals surface area contributed by atoms with Gasteiger partial charge in [0.2, 0.25) is 0 Å². The monoisotopic (exact) mass is 265 g/mol. The Morgan fingerprint density at radius 3 is 2.32 bits per heavy atom. The molecule has 0 heterocycles. The van der Waals surface area contributed by atoms with Crippen molar-refractivity contribution in [2.45, 2.75) is 44.6 Å². The number of aliphatic hydroxyl groups excluding tert-OH is 1. The number of rotatable bonds is 4. The van der Waals surface area contributed by atoms with E-state index in [9.17, 15) is 9.50 Å². The summed E-state index contributed by atoms with van der Waals surface area (Å²) in [6, 6.07) is 6.35. The van der Waals surface area contributed by atoms with Crippen molar-refractivity contribution in [1.82, 2.24) is 0 Å². The summed E-state index contributed by atoms with van der Waals surface area (Å²) in [7, 11) is 0. The lowest BCUT2D eigenvalue weighted by Gasteiger charge is -2.34. The van der Waals surface area contributed by atoms with E-state index in [-0.39, 0.29) is 11.7 Å². The predicted molar refractivity (Wildman–Crippen MR) is 75.3 cm³/mol. The molecule has 106 valence electrons. The van der Waals surface area contributed by atoms with E-state index in [4.69, 9.17) is 5.73 Å². The summed E-state index contributed by atoms with van der Waals surface area (Å²) in [6.07, 6.45) is 4.09. The Morgan fingerprint density at radius 2 is 1.79 bits per heavy atom. The number of hydrogen-bond donors (Lipinski definition) is 2. The van der Waals surface area contributed by atoms with E-state index in [1.165, 1.54) is 25.0 Å². The van der Waals surface area contributed by atoms with Crippen LogP contribution in [0.4, 0.5) is 4.39 Å². The SMILES string of the molecule is CC1CCC(C(O)C(CN)c2ccc(F)cc2)CC1. The predicted octanol–water partition coefficient (Wildman–Crippen LogP) is 3.06. The molecule has 2 nitrogen and oxygen atoms in total. The second-order valence-corrected chi connectivity index (χ2v) is 5.90. The standard InChI is InChI=1S/C16H24FNO/c1-11-2-4-13(5-3-11)16(19)15(10-18)12-6-8-14(17)9-7-12/h6-9,11,13,15-16,19H,2-5,10,18H2,1H3. The Hall–Kier alpha value is -0.930. The molecule has 3 N–H and O–H groups in total. The van der Waals surface area contributed by atoms with Crippen LogP contribution >= 0.6 is 0 Å². The Kier molecular flexibility index (Phi) is 4.94. The Morgan fingerprint density at radius 1 is 1.21 bits per heavy atom. The summed E-state index contributed by atoms with van der Waals surface area (Å²) in [4.78, 5) is 0. The van der Waals surface area contributed by atoms with Crippen molar-refractivity contribution >= 4 is 0 Å². The molecule has 0 spiro atoms. The summed E-state index contributed by atoms with van der Waals surface area (Å²) in [5.74, 6) is 0.764. The van der Waals surface area contributed by atoms with E-state index in [1.807, 2.05) is 0 Å². The second-order valence-electron chi connectivity index (χ2n) is 5.90. The van der Waals surface area contributed by atoms with E-state index in [0.29, 0.717) is 12.5 Å². The molecule has 1 aromatic rings. The summed E-state index contributed by atoms with van der Waals surface area (Å²) >= 11 is 0. The molecule has 0 bridgehead atoms. The molecule has 0 saturated heterocycles. The highest BCUT2D eigenvalue weighted by Gasteiger charge is 2.30. The maximum atomic E-state index is 13.0. The van der Waals surface area contributed by atoms with Gasteiger partial charge in [0.1, 0.15) is 5.82 Å². The molecule has 1 aromatic carbocycles. The molecule has 0 aliphatic heterocycles. The third-order valence-corrected chi connectivity index (χ3v) is 4.51. The van der Waals surface area contributed by atoms with Crippen molar-refractivity contribution in [3.05, 3.63) is 35.6 Å². The first-order valence-corrected chi connectivity index (χ1v) is 7.25. The number of benzene rings is 1. The van der Waals surface area contributed by atoms with Crippen LogP contribution in [0.5, 0.6) is 0 Å². The van der Waals surface area contributed by atoms with Gasteiger partial charge in [-0.05, 0) is 42.4 Å². The normalized spacial score (nSPS) is 26.9. The molecule has 0 amide bonds. The van der Waals surface area contributed by atoms with Gasteiger partial charge >= 0.3 is 0 Å². The highest BCUT2D eigenvalue weighted by Crippen LogP contribution is 2.35. The van der Waals surface area contributed by atoms with Crippen molar-refractivity contribution in [1.29, 1.82) is 0 Å². The molecule has 0 radical (unpaired) electrons. The molecular weight excluding hydrogens is 241 g/mol. The smallest absolute Gasteiger partial charge is 0.123 e. The Labute approximate surface area is 114 Å². The lowest BCUT2D eigenvalue weighted by atomic mass is 9.75. The van der Waals surface area contributed by atoms with Gasteiger partial charge in [-0.2, -0.15) is 0 Å². The molecule has 19 heavy (non-hydrogen) atoms. The van der Waals surface area contributed by atoms with Gasteiger partial charge in [-0.3, -0.25) is 0 Å². The van der Waals surface area contributed by atoms with Crippen LogP contribution in [0.1, 0.15) is 44.1 Å². The highest BCUT2D eigenvalue weighted by atomic mass is 19.1. The fourth-order valence-corrected chi connectivity index (χ4v) is 3.14. The van der Waals surface area contributed by atoms with E-state index >= 15 is 0 Å². The number of nitrogens with two attached hydrogens (primary N) is 1. The highest BCUT2D eigenvalue weighted by molar-refractivity contribution is 5.22. The average Bonchev–Trinajstić information content (AvgIpc) is 2.42. The van der Waals surface area contributed by atoms with E-state index in [2.05, 4.69) is 6.92 Å². The Balaban J connectivity index is 2.06. The molecule has 1 aliphatic rings. The number of hydrogen-bond acceptors (Lipinski definition) is 2. The van der Waals surface area contributed by atoms with Crippen molar-refractivity contribution in [2.75, 3.05) is 6.54 Å². The summed E-state index contributed by atoms with van der Waals surface area (Å²) in [6.45, 7) is 2.67. The second kappa shape index (κ2) is 6.49. The average molecular weight is 265 g/mol. The van der Waals surface area contributed by atoms with E-state index < -0.39 is 6.10 Å². The first-order chi connectivity index (χ1) is 9.11. The summed E-state index contributed by atoms with van der Waals surface area (Å²) < 4.78 is 13.0. The first kappa shape index (κ1) is 14.5. The van der Waals surface area contributed by atoms with Crippen LogP contribution < -0.4 is 5.73 Å². The largest absolute Gasteiger partial charge is 0.392 e. The number of aliphatic hydroxyl groups is 1. The van der Waals surface area contributed by atoms with Crippen LogP contribution in [0.25, 0.3) is 0 Å². The third kappa shape index (κ3) is 3.54. The van der Waals surface area contributed by atoms with Gasteiger partial charge in [0, 0.05) is 12.5 Å². The van der Waals surface area contributed by atoms with Crippen LogP contribution in [-0.2, 0) is 0 Å². The van der Waals surface area contributed by atoms with Crippen molar-refractivity contribution in [3.63, 3.8) is 0 Å². The van der Waals surface area contributed by atoms with E-state index in [1.54, 1.807) is 12.1 Å². The Bertz CT molecular complexity index is 384. The molecule has 3 heteroatoms. The fraction of sp³-hybridized carbons (Fsp3) is 0.625. The minimum absolute atomic E-state index is 0.0843. The lowest BCUT2D eigenvalue weighted by Crippen LogP contribution is -2.34. The van der Waals surface area contributed by atoms with Crippen LogP contribution in [-0.4, -0.2) is 17.8 Å². The van der Waals surface area contributed by atoms with Gasteiger partial charge in [-0.25, -0.2) is 4.39 Å². The molecule has 2 atom stereocenters. The van der Waals surface area contributed by atoms with Gasteiger partial charge < -0.3 is 10.8 Å². The quantitative estimate of drug-likeness (QED) is 0.879. The minimum atomic E-state index is -0.414. The van der Waals surface area contributed by atoms with Gasteiger partial charge in [-0.15, -0.1) is 0 Å². The maximum absolute atomic E-state index is 13.0. The van der Waals surface area contributed by atoms with Gasteiger partial charge in [0.05, 0.1) is 6.10 Å². The molecule has 1 fully saturated rings. The lowest BCUT2D eigenvalue weighted by molar-refractivity contribution is 0.0548. The zero-order valence-electron chi connectivity index (χ0n) is 11.6. The topological polar surface area (TPSA) is 46.2 Å². The summed E-state index contributed by atoms with van der Waals surface area (Å²) in [5.41, 5.74) is 6.76. The molecule has 2 rings (SSSR count). The van der Waals surface area contributed by atoms with Gasteiger partial charge in [-0.1, -0.05) is 31.9 Å². The molecular formula is C16H24FNO. The van der Waals surface area contributed by atoms with Crippen molar-refractivity contribution < 1.29 is 9.50 Å². The zero-order chi connectivity index (χ0) is 13.8. The van der Waals surface area contributed by atoms with Crippen LogP contribution in [0.2, 0.25) is 0 Å². The maximum Gasteiger partial charge on any atom is 0.123 e. The van der Waals surface area contributed by atoms with Gasteiger partial charge in [0.25, 0.3) is 0 Å². The van der Waals surface area contributed by atoms with Crippen LogP contribution in [0.15, 0.2) is 24.3 Å². The zero-order valence-corrected chi connectivity index (χ0v) is 11.6. The van der Waals surface area contributed by atoms with Crippen molar-refractivity contribution in [2.24, 2.45) is 17.6 Å². The number of halogens is 1. The summed E-state index contributed by atoms with van der Waals surface area (Å²) in [5, 5.41) is 10.6. The van der Waals surface area contributed by atoms with Crippen LogP contribution in [0, 0.1) is 17.7 Å². The molecule has 1 aliphatic carbocycles. The fourth-order valence-electron chi connectivity index (χ4n) is 3.14. The van der Waals surface area contributed by atoms with Crippen LogP contribution in [0.3, 0.4) is 0 Å². The van der Waals surface area contributed by atoms with Crippen molar-refractivity contribution in [3.8, 4) is 0 Å². The van der Waals surface area contributed by atoms with E-state index in [0.717, 1.165) is 24.3 Å². The van der Waals surface area contributed by atoms with Gasteiger partial charge in [0.15, 0.2) is 0 Å². The molecule has 1 saturated carbocycles. The minimum Gasteiger partial charge on any atom is -0.392 e. The first-order valence-electron chi connectivity index (χ1n) is 7.25. The molecule has 2 unspecified atom stereocenters. The molecule has 0 aromatic heterocycles. The third-order valence-electron chi connectivity index (χ3n) is 4.51.